The third-order valence-corrected chi connectivity index (χ3v) is 4.84. The Bertz CT molecular complexity index is 914. The lowest BCUT2D eigenvalue weighted by Crippen LogP contribution is -2.49. The van der Waals surface area contributed by atoms with Crippen molar-refractivity contribution in [3.8, 4) is 0 Å². The number of carbonyl (C=O) groups excluding carboxylic acids is 2. The zero-order valence-corrected chi connectivity index (χ0v) is 16.6. The molecule has 158 valence electrons. The lowest BCUT2D eigenvalue weighted by atomic mass is 10.1. The largest absolute Gasteiger partial charge is 0.339 e. The molecule has 3 amide bonds. The Morgan fingerprint density at radius 1 is 1.13 bits per heavy atom. The molecule has 0 unspecified atom stereocenters. The van der Waals surface area contributed by atoms with Crippen LogP contribution in [-0.2, 0) is 4.79 Å². The number of anilines is 2. The van der Waals surface area contributed by atoms with Gasteiger partial charge in [0.2, 0.25) is 11.9 Å². The fraction of sp³-hybridized carbons (Fsp3) is 0.368. The van der Waals surface area contributed by atoms with Gasteiger partial charge in [0, 0.05) is 57.6 Å². The Morgan fingerprint density at radius 2 is 1.83 bits per heavy atom. The molecule has 30 heavy (non-hydrogen) atoms. The Labute approximate surface area is 173 Å². The van der Waals surface area contributed by atoms with Gasteiger partial charge in [-0.1, -0.05) is 6.07 Å². The maximum atomic E-state index is 12.4. The molecular weight excluding hydrogens is 390 g/mol. The van der Waals surface area contributed by atoms with Gasteiger partial charge in [0.05, 0.1) is 16.2 Å². The van der Waals surface area contributed by atoms with Gasteiger partial charge < -0.3 is 20.4 Å². The highest BCUT2D eigenvalue weighted by Gasteiger charge is 2.22. The van der Waals surface area contributed by atoms with Gasteiger partial charge in [0.25, 0.3) is 5.69 Å². The number of carbonyl (C=O) groups is 2. The molecule has 0 radical (unpaired) electrons. The number of piperazine rings is 1. The van der Waals surface area contributed by atoms with Crippen molar-refractivity contribution in [3.63, 3.8) is 0 Å². The van der Waals surface area contributed by atoms with Crippen LogP contribution in [0.3, 0.4) is 0 Å². The molecule has 2 aromatic rings. The quantitative estimate of drug-likeness (QED) is 0.542. The monoisotopic (exact) mass is 413 g/mol. The van der Waals surface area contributed by atoms with Gasteiger partial charge in [-0.05, 0) is 19.1 Å². The molecule has 1 saturated heterocycles. The molecule has 0 spiro atoms. The molecule has 0 bridgehead atoms. The lowest BCUT2D eigenvalue weighted by molar-refractivity contribution is -0.385. The maximum absolute atomic E-state index is 12.4. The van der Waals surface area contributed by atoms with Crippen LogP contribution in [0.15, 0.2) is 36.7 Å². The Kier molecular flexibility index (Phi) is 6.73. The lowest BCUT2D eigenvalue weighted by Gasteiger charge is -2.34. The zero-order valence-electron chi connectivity index (χ0n) is 16.6. The molecule has 1 aromatic carbocycles. The highest BCUT2D eigenvalue weighted by Crippen LogP contribution is 2.24. The SMILES string of the molecule is Cc1c(NC(=O)NCCC(=O)N2CCN(c3ncccn3)CC2)cccc1[N+](=O)[O-]. The molecule has 1 fully saturated rings. The molecule has 0 aliphatic carbocycles. The maximum Gasteiger partial charge on any atom is 0.319 e. The average molecular weight is 413 g/mol. The first-order valence-electron chi connectivity index (χ1n) is 9.54. The number of nitrogens with one attached hydrogen (secondary N) is 2. The number of hydrogen-bond donors (Lipinski definition) is 2. The molecule has 0 saturated carbocycles. The van der Waals surface area contributed by atoms with E-state index in [2.05, 4.69) is 20.6 Å². The van der Waals surface area contributed by atoms with E-state index in [-0.39, 0.29) is 24.6 Å². The summed E-state index contributed by atoms with van der Waals surface area (Å²) in [6.45, 7) is 4.16. The fourth-order valence-electron chi connectivity index (χ4n) is 3.17. The minimum absolute atomic E-state index is 0.0459. The van der Waals surface area contributed by atoms with E-state index in [0.717, 1.165) is 0 Å². The third-order valence-electron chi connectivity index (χ3n) is 4.84. The molecule has 11 nitrogen and oxygen atoms in total. The summed E-state index contributed by atoms with van der Waals surface area (Å²) in [7, 11) is 0. The topological polar surface area (TPSA) is 134 Å². The van der Waals surface area contributed by atoms with Gasteiger partial charge in [-0.2, -0.15) is 0 Å². The number of aromatic nitrogens is 2. The smallest absolute Gasteiger partial charge is 0.319 e. The Balaban J connectivity index is 1.41. The summed E-state index contributed by atoms with van der Waals surface area (Å²) >= 11 is 0. The second kappa shape index (κ2) is 9.63. The number of nitro groups is 1. The van der Waals surface area contributed by atoms with Crippen LogP contribution < -0.4 is 15.5 Å². The summed E-state index contributed by atoms with van der Waals surface area (Å²) in [6, 6.07) is 5.71. The van der Waals surface area contributed by atoms with Crippen LogP contribution in [0.2, 0.25) is 0 Å². The molecule has 1 aliphatic rings. The van der Waals surface area contributed by atoms with Crippen LogP contribution in [-0.4, -0.2) is 64.5 Å². The van der Waals surface area contributed by atoms with Crippen LogP contribution in [0.25, 0.3) is 0 Å². The molecule has 2 N–H and O–H groups in total. The van der Waals surface area contributed by atoms with E-state index in [9.17, 15) is 19.7 Å². The van der Waals surface area contributed by atoms with Gasteiger partial charge in [0.15, 0.2) is 0 Å². The van der Waals surface area contributed by atoms with Gasteiger partial charge in [-0.25, -0.2) is 14.8 Å². The van der Waals surface area contributed by atoms with Gasteiger partial charge in [-0.15, -0.1) is 0 Å². The Morgan fingerprint density at radius 3 is 2.50 bits per heavy atom. The summed E-state index contributed by atoms with van der Waals surface area (Å²) in [5.41, 5.74) is 0.657. The van der Waals surface area contributed by atoms with Crippen molar-refractivity contribution in [1.29, 1.82) is 0 Å². The minimum atomic E-state index is -0.516. The highest BCUT2D eigenvalue weighted by atomic mass is 16.6. The Hall–Kier alpha value is -3.76. The number of hydrogen-bond acceptors (Lipinski definition) is 7. The first kappa shape index (κ1) is 21.0. The van der Waals surface area contributed by atoms with E-state index in [1.807, 2.05) is 4.90 Å². The number of rotatable bonds is 6. The van der Waals surface area contributed by atoms with Crippen molar-refractivity contribution in [2.45, 2.75) is 13.3 Å². The normalized spacial score (nSPS) is 13.6. The van der Waals surface area contributed by atoms with Crippen LogP contribution in [0.4, 0.5) is 22.1 Å². The van der Waals surface area contributed by atoms with E-state index < -0.39 is 11.0 Å². The molecular formula is C19H23N7O4. The predicted octanol–water partition coefficient (Wildman–Crippen LogP) is 1.55. The summed E-state index contributed by atoms with van der Waals surface area (Å²) in [6.07, 6.45) is 3.54. The second-order valence-electron chi connectivity index (χ2n) is 6.75. The summed E-state index contributed by atoms with van der Waals surface area (Å²) in [5, 5.41) is 16.2. The van der Waals surface area contributed by atoms with E-state index >= 15 is 0 Å². The van der Waals surface area contributed by atoms with Crippen molar-refractivity contribution >= 4 is 29.3 Å². The van der Waals surface area contributed by atoms with Crippen molar-refractivity contribution in [1.82, 2.24) is 20.2 Å². The second-order valence-corrected chi connectivity index (χ2v) is 6.75. The minimum Gasteiger partial charge on any atom is -0.339 e. The summed E-state index contributed by atoms with van der Waals surface area (Å²) in [5.74, 6) is 0.606. The van der Waals surface area contributed by atoms with Crippen LogP contribution in [0.1, 0.15) is 12.0 Å². The molecule has 2 heterocycles. The van der Waals surface area contributed by atoms with E-state index in [4.69, 9.17) is 0 Å². The number of nitrogens with zero attached hydrogens (tertiary/aromatic N) is 5. The van der Waals surface area contributed by atoms with Crippen LogP contribution in [0, 0.1) is 17.0 Å². The van der Waals surface area contributed by atoms with Crippen molar-refractivity contribution in [3.05, 3.63) is 52.3 Å². The standard InChI is InChI=1S/C19H23N7O4/c1-14-15(4-2-5-16(14)26(29)30)23-19(28)22-9-6-17(27)24-10-12-25(13-11-24)18-20-7-3-8-21-18/h2-5,7-8H,6,9-13H2,1H3,(H2,22,23,28). The molecule has 0 atom stereocenters. The zero-order chi connectivity index (χ0) is 21.5. The van der Waals surface area contributed by atoms with Crippen molar-refractivity contribution < 1.29 is 14.5 Å². The van der Waals surface area contributed by atoms with E-state index in [1.54, 1.807) is 36.4 Å². The van der Waals surface area contributed by atoms with E-state index in [0.29, 0.717) is 43.4 Å². The van der Waals surface area contributed by atoms with Gasteiger partial charge >= 0.3 is 6.03 Å². The highest BCUT2D eigenvalue weighted by molar-refractivity contribution is 5.91. The number of nitro benzene ring substituents is 1. The van der Waals surface area contributed by atoms with Gasteiger partial charge in [0.1, 0.15) is 0 Å². The van der Waals surface area contributed by atoms with Crippen molar-refractivity contribution in [2.24, 2.45) is 0 Å². The first-order chi connectivity index (χ1) is 14.5. The molecule has 1 aliphatic heterocycles. The van der Waals surface area contributed by atoms with Crippen LogP contribution >= 0.6 is 0 Å². The summed E-state index contributed by atoms with van der Waals surface area (Å²) in [4.78, 5) is 47.1. The van der Waals surface area contributed by atoms with Crippen LogP contribution in [0.5, 0.6) is 0 Å². The molecule has 11 heteroatoms. The van der Waals surface area contributed by atoms with Gasteiger partial charge in [-0.3, -0.25) is 14.9 Å². The molecule has 1 aromatic heterocycles. The number of benzene rings is 1. The third kappa shape index (κ3) is 5.19. The number of amides is 3. The molecule has 3 rings (SSSR count). The average Bonchev–Trinajstić information content (AvgIpc) is 2.75. The predicted molar refractivity (Wildman–Crippen MR) is 110 cm³/mol. The number of urea groups is 1. The van der Waals surface area contributed by atoms with E-state index in [1.165, 1.54) is 12.1 Å². The first-order valence-corrected chi connectivity index (χ1v) is 9.54. The summed E-state index contributed by atoms with van der Waals surface area (Å²) < 4.78 is 0. The fourth-order valence-corrected chi connectivity index (χ4v) is 3.17. The van der Waals surface area contributed by atoms with Crippen molar-refractivity contribution in [2.75, 3.05) is 42.9 Å².